The van der Waals surface area contributed by atoms with Crippen molar-refractivity contribution in [1.29, 1.82) is 0 Å². The van der Waals surface area contributed by atoms with Crippen LogP contribution in [0.5, 0.6) is 0 Å². The highest BCUT2D eigenvalue weighted by Crippen LogP contribution is 2.48. The Morgan fingerprint density at radius 1 is 0.149 bits per heavy atom. The Kier molecular flexibility index (Phi) is 15.3. The van der Waals surface area contributed by atoms with E-state index in [4.69, 9.17) is 0 Å². The van der Waals surface area contributed by atoms with Crippen molar-refractivity contribution in [3.63, 3.8) is 0 Å². The molecule has 18 aromatic carbocycles. The van der Waals surface area contributed by atoms with Gasteiger partial charge in [-0.05, 0) is 194 Å². The van der Waals surface area contributed by atoms with Crippen molar-refractivity contribution < 1.29 is 0 Å². The Morgan fingerprint density at radius 3 is 0.851 bits per heavy atom. The number of hydrogen-bond donors (Lipinski definition) is 0. The van der Waals surface area contributed by atoms with E-state index in [2.05, 4.69) is 431 Å². The molecule has 0 fully saturated rings. The molecule has 0 aliphatic rings. The molecule has 4 nitrogen and oxygen atoms in total. The van der Waals surface area contributed by atoms with Gasteiger partial charge >= 0.3 is 0 Å². The molecule has 6 heterocycles. The lowest BCUT2D eigenvalue weighted by Crippen LogP contribution is -1.94. The average molecular weight is 1490 g/mol. The minimum absolute atomic E-state index is 1.16. The lowest BCUT2D eigenvalue weighted by molar-refractivity contribution is 1.18. The first-order chi connectivity index (χ1) is 56.5. The highest BCUT2D eigenvalue weighted by molar-refractivity contribution is 7.27. The third kappa shape index (κ3) is 10.7. The number of hydrogen-bond acceptors (Lipinski definition) is 2. The molecule has 6 aromatic heterocycles. The summed E-state index contributed by atoms with van der Waals surface area (Å²) in [5.41, 5.74) is 29.0. The first-order valence-corrected chi connectivity index (χ1v) is 40.6. The molecule has 0 aliphatic carbocycles. The summed E-state index contributed by atoms with van der Waals surface area (Å²) in [4.78, 5) is 0. The SMILES string of the molecule is c1ccc(-c2ccc(-n3c4ccccc4c4cc(-c5ccc6c(c5)c5ccc7c8ccccc8sc7c5n6-c5ccc(-c6ccccc6)cc5)ccc43)cc2)cc1.c1ccc(-c2ccc(-n3c4ccccc4c4cc(-c5ccc6c(c5)c5ccc7sc8ccccc8c7c5n6-c5ccc(-c6ccccc6)cc5)ccc43)cc2)cc1. The lowest BCUT2D eigenvalue weighted by atomic mass is 10.00. The van der Waals surface area contributed by atoms with Gasteiger partial charge in [-0.1, -0.05) is 285 Å². The van der Waals surface area contributed by atoms with Gasteiger partial charge in [0, 0.05) is 101 Å². The molecule has 24 aromatic rings. The molecule has 114 heavy (non-hydrogen) atoms. The van der Waals surface area contributed by atoms with Crippen LogP contribution in [-0.4, -0.2) is 18.3 Å². The van der Waals surface area contributed by atoms with Gasteiger partial charge < -0.3 is 18.3 Å². The Hall–Kier alpha value is -14.4. The molecule has 24 rings (SSSR count). The molecule has 0 saturated carbocycles. The molecule has 0 atom stereocenters. The van der Waals surface area contributed by atoms with E-state index in [1.165, 1.54) is 200 Å². The number of benzene rings is 18. The van der Waals surface area contributed by atoms with E-state index in [1.807, 2.05) is 22.7 Å². The van der Waals surface area contributed by atoms with E-state index < -0.39 is 0 Å². The number of para-hydroxylation sites is 2. The van der Waals surface area contributed by atoms with Crippen molar-refractivity contribution in [2.24, 2.45) is 0 Å². The Balaban J connectivity index is 0.000000135. The molecule has 0 radical (unpaired) electrons. The summed E-state index contributed by atoms with van der Waals surface area (Å²) in [6.45, 7) is 0. The van der Waals surface area contributed by atoms with E-state index in [-0.39, 0.29) is 0 Å². The maximum Gasteiger partial charge on any atom is 0.0719 e. The first-order valence-electron chi connectivity index (χ1n) is 39.0. The normalized spacial score (nSPS) is 11.9. The van der Waals surface area contributed by atoms with Crippen LogP contribution >= 0.6 is 22.7 Å². The number of fused-ring (bicyclic) bond motifs is 20. The maximum absolute atomic E-state index is 2.49. The second kappa shape index (κ2) is 26.7. The second-order valence-corrected chi connectivity index (χ2v) is 32.0. The smallest absolute Gasteiger partial charge is 0.0719 e. The fourth-order valence-corrected chi connectivity index (χ4v) is 20.4. The zero-order chi connectivity index (χ0) is 74.9. The molecule has 0 aliphatic heterocycles. The molecule has 0 N–H and O–H groups in total. The first kappa shape index (κ1) is 65.5. The molecular weight excluding hydrogens is 1420 g/mol. The maximum atomic E-state index is 2.49. The van der Waals surface area contributed by atoms with Crippen molar-refractivity contribution in [3.05, 3.63) is 413 Å². The fourth-order valence-electron chi connectivity index (χ4n) is 18.1. The van der Waals surface area contributed by atoms with Gasteiger partial charge in [-0.2, -0.15) is 0 Å². The Labute approximate surface area is 665 Å². The van der Waals surface area contributed by atoms with Crippen LogP contribution in [0.3, 0.4) is 0 Å². The Bertz CT molecular complexity index is 7890. The molecule has 0 spiro atoms. The summed E-state index contributed by atoms with van der Waals surface area (Å²) in [7, 11) is 0. The molecule has 0 bridgehead atoms. The second-order valence-electron chi connectivity index (χ2n) is 29.8. The monoisotopic (exact) mass is 1480 g/mol. The molecular formula is C108H68N4S2. The van der Waals surface area contributed by atoms with E-state index in [0.717, 1.165) is 17.1 Å². The number of thiophene rings is 2. The minimum atomic E-state index is 1.16. The van der Waals surface area contributed by atoms with Crippen molar-refractivity contribution in [2.75, 3.05) is 0 Å². The minimum Gasteiger partial charge on any atom is -0.309 e. The fraction of sp³-hybridized carbons (Fsp3) is 0. The summed E-state index contributed by atoms with van der Waals surface area (Å²) in [6.07, 6.45) is 0. The molecule has 532 valence electrons. The lowest BCUT2D eigenvalue weighted by Gasteiger charge is -2.11. The van der Waals surface area contributed by atoms with Gasteiger partial charge in [0.2, 0.25) is 0 Å². The third-order valence-corrected chi connectivity index (χ3v) is 25.8. The zero-order valence-corrected chi connectivity index (χ0v) is 63.5. The van der Waals surface area contributed by atoms with Crippen LogP contribution in [-0.2, 0) is 0 Å². The van der Waals surface area contributed by atoms with Crippen molar-refractivity contribution in [1.82, 2.24) is 18.3 Å². The van der Waals surface area contributed by atoms with Crippen LogP contribution in [0.1, 0.15) is 0 Å². The Morgan fingerprint density at radius 2 is 0.430 bits per heavy atom. The zero-order valence-electron chi connectivity index (χ0n) is 61.9. The summed E-state index contributed by atoms with van der Waals surface area (Å²) >= 11 is 3.77. The predicted molar refractivity (Wildman–Crippen MR) is 489 cm³/mol. The van der Waals surface area contributed by atoms with Crippen LogP contribution in [0, 0.1) is 0 Å². The number of rotatable bonds is 10. The van der Waals surface area contributed by atoms with Gasteiger partial charge in [0.25, 0.3) is 0 Å². The topological polar surface area (TPSA) is 19.7 Å². The highest BCUT2D eigenvalue weighted by Gasteiger charge is 2.24. The van der Waals surface area contributed by atoms with Gasteiger partial charge in [0.05, 0.1) is 48.8 Å². The molecule has 0 saturated heterocycles. The number of aromatic nitrogens is 4. The molecule has 6 heteroatoms. The summed E-state index contributed by atoms with van der Waals surface area (Å²) in [6, 6.07) is 151. The van der Waals surface area contributed by atoms with Gasteiger partial charge in [0.15, 0.2) is 0 Å². The molecule has 0 amide bonds. The van der Waals surface area contributed by atoms with Crippen molar-refractivity contribution in [2.45, 2.75) is 0 Å². The van der Waals surface area contributed by atoms with Gasteiger partial charge in [0.1, 0.15) is 0 Å². The van der Waals surface area contributed by atoms with Crippen LogP contribution in [0.25, 0.3) is 217 Å². The van der Waals surface area contributed by atoms with Crippen LogP contribution in [0.2, 0.25) is 0 Å². The standard InChI is InChI=1S/2C54H34N2S/c1-3-11-35(12-4-1)37-19-25-41(26-20-37)55-49-17-9-7-15-43(49)47-33-39(23-31-50(47)55)40-24-32-51-48(34-40)45-29-30-46-44-16-8-10-18-52(44)57-54(46)53(45)56(51)42-27-21-38(22-28-42)36-13-5-2-6-14-36;1-3-11-35(12-4-1)37-19-25-41(26-20-37)55-48-17-9-7-15-43(48)46-33-39(23-30-49(46)55)40-24-31-50-47(34-40)44-29-32-52-53(45-16-8-10-18-51(45)57-52)54(44)56(50)42-27-21-38(22-28-42)36-13-5-2-6-14-36/h2*1-34H. The van der Waals surface area contributed by atoms with Crippen molar-refractivity contribution >= 4 is 150 Å². The van der Waals surface area contributed by atoms with E-state index in [1.54, 1.807) is 0 Å². The van der Waals surface area contributed by atoms with Gasteiger partial charge in [-0.25, -0.2) is 0 Å². The van der Waals surface area contributed by atoms with Crippen LogP contribution in [0.15, 0.2) is 413 Å². The molecule has 0 unspecified atom stereocenters. The van der Waals surface area contributed by atoms with E-state index in [9.17, 15) is 0 Å². The van der Waals surface area contributed by atoms with E-state index in [0.29, 0.717) is 0 Å². The van der Waals surface area contributed by atoms with Crippen LogP contribution < -0.4 is 0 Å². The summed E-state index contributed by atoms with van der Waals surface area (Å²) in [5.74, 6) is 0. The summed E-state index contributed by atoms with van der Waals surface area (Å²) < 4.78 is 15.0. The largest absolute Gasteiger partial charge is 0.309 e. The third-order valence-electron chi connectivity index (χ3n) is 23.5. The van der Waals surface area contributed by atoms with Crippen LogP contribution in [0.4, 0.5) is 0 Å². The highest BCUT2D eigenvalue weighted by atomic mass is 32.1. The summed E-state index contributed by atoms with van der Waals surface area (Å²) in [5, 5.41) is 15.3. The number of nitrogens with zero attached hydrogens (tertiary/aromatic N) is 4. The predicted octanol–water partition coefficient (Wildman–Crippen LogP) is 30.5. The van der Waals surface area contributed by atoms with E-state index >= 15 is 0 Å². The quantitative estimate of drug-likeness (QED) is 0.130. The average Bonchev–Trinajstić information content (AvgIpc) is 1.56. The van der Waals surface area contributed by atoms with Crippen molar-refractivity contribution in [3.8, 4) is 89.5 Å². The van der Waals surface area contributed by atoms with Gasteiger partial charge in [-0.15, -0.1) is 22.7 Å². The van der Waals surface area contributed by atoms with Gasteiger partial charge in [-0.3, -0.25) is 0 Å².